The summed E-state index contributed by atoms with van der Waals surface area (Å²) in [6, 6.07) is 1.90. The van der Waals surface area contributed by atoms with Gasteiger partial charge >= 0.3 is 0 Å². The number of carbonyl (C=O) groups excluding carboxylic acids is 1. The Morgan fingerprint density at radius 2 is 2.44 bits per heavy atom. The maximum atomic E-state index is 10.8. The van der Waals surface area contributed by atoms with Crippen LogP contribution in [-0.4, -0.2) is 27.2 Å². The summed E-state index contributed by atoms with van der Waals surface area (Å²) in [7, 11) is 0. The predicted molar refractivity (Wildman–Crippen MR) is 70.4 cm³/mol. The number of amides is 1. The van der Waals surface area contributed by atoms with E-state index in [4.69, 9.17) is 0 Å². The highest BCUT2D eigenvalue weighted by molar-refractivity contribution is 7.13. The molecule has 0 bridgehead atoms. The lowest BCUT2D eigenvalue weighted by molar-refractivity contribution is -0.114. The molecule has 18 heavy (non-hydrogen) atoms. The summed E-state index contributed by atoms with van der Waals surface area (Å²) >= 11 is 1.43. The number of anilines is 1. The van der Waals surface area contributed by atoms with Crippen LogP contribution >= 0.6 is 11.3 Å². The molecule has 0 unspecified atom stereocenters. The molecule has 0 spiro atoms. The smallest absolute Gasteiger partial charge is 0.223 e. The van der Waals surface area contributed by atoms with Gasteiger partial charge < -0.3 is 10.6 Å². The first kappa shape index (κ1) is 12.7. The first-order valence-electron chi connectivity index (χ1n) is 5.64. The molecule has 2 aromatic rings. The van der Waals surface area contributed by atoms with Crippen LogP contribution < -0.4 is 10.6 Å². The lowest BCUT2D eigenvalue weighted by Crippen LogP contribution is -2.20. The summed E-state index contributed by atoms with van der Waals surface area (Å²) in [4.78, 5) is 15.1. The highest BCUT2D eigenvalue weighted by atomic mass is 32.1. The SMILES string of the molecule is CC(=O)Nc1nc(CNCCn2cccn2)cs1. The Morgan fingerprint density at radius 1 is 1.56 bits per heavy atom. The monoisotopic (exact) mass is 265 g/mol. The Hall–Kier alpha value is -1.73. The van der Waals surface area contributed by atoms with Gasteiger partial charge in [0, 0.05) is 37.8 Å². The van der Waals surface area contributed by atoms with E-state index in [0.717, 1.165) is 18.8 Å². The Labute approximate surface area is 109 Å². The van der Waals surface area contributed by atoms with Crippen LogP contribution in [0.5, 0.6) is 0 Å². The minimum absolute atomic E-state index is 0.0949. The number of hydrogen-bond acceptors (Lipinski definition) is 5. The zero-order valence-electron chi connectivity index (χ0n) is 10.1. The molecular weight excluding hydrogens is 250 g/mol. The number of aromatic nitrogens is 3. The molecule has 0 fully saturated rings. The van der Waals surface area contributed by atoms with Crippen LogP contribution in [0.2, 0.25) is 0 Å². The molecule has 0 aliphatic carbocycles. The number of nitrogens with one attached hydrogen (secondary N) is 2. The molecule has 0 aliphatic rings. The molecule has 0 saturated carbocycles. The van der Waals surface area contributed by atoms with Crippen LogP contribution in [0, 0.1) is 0 Å². The average molecular weight is 265 g/mol. The number of nitrogens with zero attached hydrogens (tertiary/aromatic N) is 3. The van der Waals surface area contributed by atoms with E-state index >= 15 is 0 Å². The van der Waals surface area contributed by atoms with Crippen molar-refractivity contribution in [1.82, 2.24) is 20.1 Å². The van der Waals surface area contributed by atoms with Gasteiger partial charge in [0.1, 0.15) is 0 Å². The summed E-state index contributed by atoms with van der Waals surface area (Å²) in [5, 5.41) is 12.6. The van der Waals surface area contributed by atoms with Gasteiger partial charge in [-0.15, -0.1) is 11.3 Å². The largest absolute Gasteiger partial charge is 0.309 e. The number of thiazole rings is 1. The third kappa shape index (κ3) is 3.94. The Balaban J connectivity index is 1.70. The molecule has 0 atom stereocenters. The van der Waals surface area contributed by atoms with Crippen molar-refractivity contribution in [3.8, 4) is 0 Å². The van der Waals surface area contributed by atoms with Crippen molar-refractivity contribution < 1.29 is 4.79 Å². The van der Waals surface area contributed by atoms with Crippen molar-refractivity contribution in [3.05, 3.63) is 29.5 Å². The van der Waals surface area contributed by atoms with Gasteiger partial charge in [0.15, 0.2) is 5.13 Å². The standard InChI is InChI=1S/C11H15N5OS/c1-9(17)14-11-15-10(8-18-11)7-12-4-6-16-5-2-3-13-16/h2-3,5,8,12H,4,6-7H2,1H3,(H,14,15,17). The summed E-state index contributed by atoms with van der Waals surface area (Å²) in [5.74, 6) is -0.0949. The van der Waals surface area contributed by atoms with Crippen LogP contribution in [0.3, 0.4) is 0 Å². The predicted octanol–water partition coefficient (Wildman–Crippen LogP) is 1.09. The first-order chi connectivity index (χ1) is 8.74. The molecule has 96 valence electrons. The van der Waals surface area contributed by atoms with Crippen LogP contribution in [0.25, 0.3) is 0 Å². The third-order valence-electron chi connectivity index (χ3n) is 2.22. The van der Waals surface area contributed by atoms with Gasteiger partial charge in [0.05, 0.1) is 12.2 Å². The molecule has 2 aromatic heterocycles. The molecule has 0 saturated heterocycles. The zero-order valence-corrected chi connectivity index (χ0v) is 10.9. The highest BCUT2D eigenvalue weighted by Gasteiger charge is 2.02. The van der Waals surface area contributed by atoms with E-state index in [1.807, 2.05) is 22.3 Å². The fourth-order valence-electron chi connectivity index (χ4n) is 1.44. The highest BCUT2D eigenvalue weighted by Crippen LogP contribution is 2.14. The molecule has 0 radical (unpaired) electrons. The number of rotatable bonds is 6. The lowest BCUT2D eigenvalue weighted by atomic mass is 10.5. The summed E-state index contributed by atoms with van der Waals surface area (Å²) in [6.45, 7) is 3.82. The van der Waals surface area contributed by atoms with Crippen molar-refractivity contribution in [2.75, 3.05) is 11.9 Å². The van der Waals surface area contributed by atoms with Gasteiger partial charge in [-0.1, -0.05) is 0 Å². The van der Waals surface area contributed by atoms with E-state index in [0.29, 0.717) is 11.7 Å². The van der Waals surface area contributed by atoms with Gasteiger partial charge in [-0.2, -0.15) is 5.10 Å². The fraction of sp³-hybridized carbons (Fsp3) is 0.364. The van der Waals surface area contributed by atoms with Crippen molar-refractivity contribution in [3.63, 3.8) is 0 Å². The summed E-state index contributed by atoms with van der Waals surface area (Å²) in [5.41, 5.74) is 0.934. The zero-order chi connectivity index (χ0) is 12.8. The maximum Gasteiger partial charge on any atom is 0.223 e. The molecule has 2 rings (SSSR count). The topological polar surface area (TPSA) is 71.8 Å². The lowest BCUT2D eigenvalue weighted by Gasteiger charge is -2.02. The van der Waals surface area contributed by atoms with Crippen molar-refractivity contribution >= 4 is 22.4 Å². The van der Waals surface area contributed by atoms with Crippen molar-refractivity contribution in [1.29, 1.82) is 0 Å². The summed E-state index contributed by atoms with van der Waals surface area (Å²) in [6.07, 6.45) is 3.69. The van der Waals surface area contributed by atoms with E-state index in [1.54, 1.807) is 6.20 Å². The Morgan fingerprint density at radius 3 is 3.17 bits per heavy atom. The average Bonchev–Trinajstić information content (AvgIpc) is 2.95. The Bertz CT molecular complexity index is 493. The van der Waals surface area contributed by atoms with E-state index in [-0.39, 0.29) is 5.91 Å². The quantitative estimate of drug-likeness (QED) is 0.767. The summed E-state index contributed by atoms with van der Waals surface area (Å²) < 4.78 is 1.87. The fourth-order valence-corrected chi connectivity index (χ4v) is 2.20. The van der Waals surface area contributed by atoms with Crippen LogP contribution in [0.1, 0.15) is 12.6 Å². The van der Waals surface area contributed by atoms with Gasteiger partial charge in [0.25, 0.3) is 0 Å². The van der Waals surface area contributed by atoms with E-state index in [1.165, 1.54) is 18.3 Å². The Kier molecular flexibility index (Phi) is 4.43. The van der Waals surface area contributed by atoms with E-state index in [9.17, 15) is 4.79 Å². The van der Waals surface area contributed by atoms with Gasteiger partial charge in [0.2, 0.25) is 5.91 Å². The molecule has 7 heteroatoms. The van der Waals surface area contributed by atoms with Gasteiger partial charge in [-0.3, -0.25) is 9.48 Å². The number of carbonyl (C=O) groups is 1. The third-order valence-corrected chi connectivity index (χ3v) is 3.02. The van der Waals surface area contributed by atoms with E-state index < -0.39 is 0 Å². The second kappa shape index (κ2) is 6.27. The van der Waals surface area contributed by atoms with Crippen molar-refractivity contribution in [2.45, 2.75) is 20.0 Å². The molecule has 1 amide bonds. The van der Waals surface area contributed by atoms with Crippen molar-refractivity contribution in [2.24, 2.45) is 0 Å². The van der Waals surface area contributed by atoms with Crippen LogP contribution in [-0.2, 0) is 17.9 Å². The molecule has 0 aliphatic heterocycles. The maximum absolute atomic E-state index is 10.8. The minimum atomic E-state index is -0.0949. The molecule has 2 heterocycles. The second-order valence-electron chi connectivity index (χ2n) is 3.77. The van der Waals surface area contributed by atoms with Gasteiger partial charge in [-0.25, -0.2) is 4.98 Å². The van der Waals surface area contributed by atoms with Gasteiger partial charge in [-0.05, 0) is 6.07 Å². The first-order valence-corrected chi connectivity index (χ1v) is 6.52. The van der Waals surface area contributed by atoms with E-state index in [2.05, 4.69) is 20.7 Å². The number of hydrogen-bond donors (Lipinski definition) is 2. The molecule has 0 aromatic carbocycles. The minimum Gasteiger partial charge on any atom is -0.309 e. The van der Waals surface area contributed by atoms with Crippen LogP contribution in [0.15, 0.2) is 23.8 Å². The molecule has 6 nitrogen and oxygen atoms in total. The second-order valence-corrected chi connectivity index (χ2v) is 4.63. The van der Waals surface area contributed by atoms with Crippen LogP contribution in [0.4, 0.5) is 5.13 Å². The molecule has 2 N–H and O–H groups in total. The molecular formula is C11H15N5OS. The normalized spacial score (nSPS) is 10.5.